The molecule has 1 aromatic carbocycles. The molecule has 18 heavy (non-hydrogen) atoms. The summed E-state index contributed by atoms with van der Waals surface area (Å²) < 4.78 is 0.980. The van der Waals surface area contributed by atoms with E-state index in [2.05, 4.69) is 20.8 Å². The molecule has 0 amide bonds. The van der Waals surface area contributed by atoms with Crippen LogP contribution in [0.4, 0.5) is 0 Å². The highest BCUT2D eigenvalue weighted by Crippen LogP contribution is 2.22. The van der Waals surface area contributed by atoms with Crippen LogP contribution in [0.2, 0.25) is 0 Å². The van der Waals surface area contributed by atoms with E-state index < -0.39 is 11.9 Å². The van der Waals surface area contributed by atoms with Gasteiger partial charge in [0.25, 0.3) is 0 Å². The molecular formula is C14H18BrNO2. The highest BCUT2D eigenvalue weighted by molar-refractivity contribution is 9.10. The lowest BCUT2D eigenvalue weighted by atomic mass is 9.97. The molecule has 1 unspecified atom stereocenters. The summed E-state index contributed by atoms with van der Waals surface area (Å²) >= 11 is 3.37. The molecule has 98 valence electrons. The van der Waals surface area contributed by atoms with Crippen LogP contribution in [-0.4, -0.2) is 35.6 Å². The van der Waals surface area contributed by atoms with Gasteiger partial charge in [0, 0.05) is 11.0 Å². The first-order valence-corrected chi connectivity index (χ1v) is 7.17. The lowest BCUT2D eigenvalue weighted by Crippen LogP contribution is -2.35. The van der Waals surface area contributed by atoms with Crippen LogP contribution in [0.15, 0.2) is 28.7 Å². The number of halogens is 1. The topological polar surface area (TPSA) is 40.5 Å². The summed E-state index contributed by atoms with van der Waals surface area (Å²) in [6, 6.07) is 7.60. The maximum Gasteiger partial charge on any atom is 0.312 e. The van der Waals surface area contributed by atoms with E-state index in [0.29, 0.717) is 6.54 Å². The van der Waals surface area contributed by atoms with E-state index >= 15 is 0 Å². The highest BCUT2D eigenvalue weighted by atomic mass is 79.9. The maximum atomic E-state index is 11.4. The van der Waals surface area contributed by atoms with Gasteiger partial charge in [0.2, 0.25) is 0 Å². The van der Waals surface area contributed by atoms with Crippen LogP contribution in [0.25, 0.3) is 0 Å². The van der Waals surface area contributed by atoms with E-state index in [4.69, 9.17) is 0 Å². The van der Waals surface area contributed by atoms with Crippen molar-refractivity contribution in [2.45, 2.75) is 25.2 Å². The minimum absolute atomic E-state index is 0.420. The van der Waals surface area contributed by atoms with Crippen molar-refractivity contribution in [2.24, 2.45) is 0 Å². The summed E-state index contributed by atoms with van der Waals surface area (Å²) in [4.78, 5) is 13.7. The molecule has 3 nitrogen and oxygen atoms in total. The third-order valence-electron chi connectivity index (χ3n) is 3.46. The zero-order valence-corrected chi connectivity index (χ0v) is 11.9. The Morgan fingerprint density at radius 2 is 1.83 bits per heavy atom. The van der Waals surface area contributed by atoms with Gasteiger partial charge in [-0.3, -0.25) is 4.79 Å². The number of carboxylic acids is 1. The zero-order chi connectivity index (χ0) is 13.0. The van der Waals surface area contributed by atoms with Crippen LogP contribution in [0.1, 0.15) is 30.7 Å². The van der Waals surface area contributed by atoms with Gasteiger partial charge in [0.1, 0.15) is 0 Å². The number of hydrogen-bond acceptors (Lipinski definition) is 2. The Kier molecular flexibility index (Phi) is 4.78. The Bertz CT molecular complexity index is 399. The second kappa shape index (κ2) is 6.34. The normalized spacial score (nSPS) is 18.5. The molecule has 0 aliphatic carbocycles. The number of benzene rings is 1. The molecule has 1 aliphatic heterocycles. The third-order valence-corrected chi connectivity index (χ3v) is 3.99. The van der Waals surface area contributed by atoms with Gasteiger partial charge in [-0.1, -0.05) is 34.5 Å². The number of carboxylic acid groups (broad SMARTS) is 1. The Labute approximate surface area is 116 Å². The van der Waals surface area contributed by atoms with Crippen molar-refractivity contribution >= 4 is 21.9 Å². The largest absolute Gasteiger partial charge is 0.481 e. The quantitative estimate of drug-likeness (QED) is 0.929. The summed E-state index contributed by atoms with van der Waals surface area (Å²) in [7, 11) is 0. The summed E-state index contributed by atoms with van der Waals surface area (Å²) in [5.41, 5.74) is 0.885. The molecule has 4 heteroatoms. The van der Waals surface area contributed by atoms with Crippen LogP contribution < -0.4 is 0 Å². The molecule has 0 radical (unpaired) electrons. The lowest BCUT2D eigenvalue weighted by Gasteiger charge is -2.29. The molecular weight excluding hydrogens is 294 g/mol. The fraction of sp³-hybridized carbons (Fsp3) is 0.500. The molecule has 1 atom stereocenters. The van der Waals surface area contributed by atoms with E-state index in [1.165, 1.54) is 19.3 Å². The number of rotatable bonds is 4. The van der Waals surface area contributed by atoms with Crippen LogP contribution in [0, 0.1) is 0 Å². The van der Waals surface area contributed by atoms with Crippen molar-refractivity contribution in [3.63, 3.8) is 0 Å². The number of carbonyl (C=O) groups is 1. The molecule has 0 spiro atoms. The van der Waals surface area contributed by atoms with Gasteiger partial charge in [0.15, 0.2) is 0 Å². The molecule has 1 aliphatic rings. The van der Waals surface area contributed by atoms with Gasteiger partial charge in [0.05, 0.1) is 5.92 Å². The molecule has 1 N–H and O–H groups in total. The first kappa shape index (κ1) is 13.6. The molecule has 1 saturated heterocycles. The molecule has 1 heterocycles. The van der Waals surface area contributed by atoms with Crippen molar-refractivity contribution in [2.75, 3.05) is 19.6 Å². The van der Waals surface area contributed by atoms with Gasteiger partial charge in [-0.15, -0.1) is 0 Å². The van der Waals surface area contributed by atoms with Crippen LogP contribution >= 0.6 is 15.9 Å². The Balaban J connectivity index is 2.07. The van der Waals surface area contributed by atoms with Crippen LogP contribution in [0.3, 0.4) is 0 Å². The first-order chi connectivity index (χ1) is 8.66. The van der Waals surface area contributed by atoms with Crippen LogP contribution in [0.5, 0.6) is 0 Å². The number of aliphatic carboxylic acids is 1. The van der Waals surface area contributed by atoms with E-state index in [9.17, 15) is 9.90 Å². The average molecular weight is 312 g/mol. The number of nitrogens with zero attached hydrogens (tertiary/aromatic N) is 1. The highest BCUT2D eigenvalue weighted by Gasteiger charge is 2.23. The van der Waals surface area contributed by atoms with Gasteiger partial charge in [-0.05, 0) is 43.6 Å². The summed E-state index contributed by atoms with van der Waals surface area (Å²) in [5, 5.41) is 9.39. The van der Waals surface area contributed by atoms with Crippen LogP contribution in [-0.2, 0) is 4.79 Å². The lowest BCUT2D eigenvalue weighted by molar-refractivity contribution is -0.139. The number of piperidine rings is 1. The monoisotopic (exact) mass is 311 g/mol. The van der Waals surface area contributed by atoms with Crippen molar-refractivity contribution in [3.8, 4) is 0 Å². The second-order valence-electron chi connectivity index (χ2n) is 4.80. The van der Waals surface area contributed by atoms with Crippen molar-refractivity contribution in [3.05, 3.63) is 34.3 Å². The van der Waals surface area contributed by atoms with Gasteiger partial charge >= 0.3 is 5.97 Å². The Morgan fingerprint density at radius 3 is 2.39 bits per heavy atom. The molecule has 0 saturated carbocycles. The molecule has 2 rings (SSSR count). The fourth-order valence-corrected chi connectivity index (χ4v) is 2.69. The first-order valence-electron chi connectivity index (χ1n) is 6.37. The maximum absolute atomic E-state index is 11.4. The van der Waals surface area contributed by atoms with Gasteiger partial charge in [-0.2, -0.15) is 0 Å². The summed E-state index contributed by atoms with van der Waals surface area (Å²) in [5.74, 6) is -1.15. The molecule has 1 fully saturated rings. The van der Waals surface area contributed by atoms with Gasteiger partial charge in [-0.25, -0.2) is 0 Å². The summed E-state index contributed by atoms with van der Waals surface area (Å²) in [6.45, 7) is 2.68. The van der Waals surface area contributed by atoms with E-state index in [-0.39, 0.29) is 0 Å². The number of hydrogen-bond donors (Lipinski definition) is 1. The van der Waals surface area contributed by atoms with E-state index in [1.807, 2.05) is 24.3 Å². The Hall–Kier alpha value is -0.870. The van der Waals surface area contributed by atoms with E-state index in [1.54, 1.807) is 0 Å². The smallest absolute Gasteiger partial charge is 0.312 e. The standard InChI is InChI=1S/C14H18BrNO2/c15-12-6-4-11(5-7-12)13(14(17)18)10-16-8-2-1-3-9-16/h4-7,13H,1-3,8-10H2,(H,17,18). The van der Waals surface area contributed by atoms with Gasteiger partial charge < -0.3 is 10.0 Å². The Morgan fingerprint density at radius 1 is 1.22 bits per heavy atom. The molecule has 0 aromatic heterocycles. The molecule has 0 bridgehead atoms. The van der Waals surface area contributed by atoms with E-state index in [0.717, 1.165) is 23.1 Å². The summed E-state index contributed by atoms with van der Waals surface area (Å²) in [6.07, 6.45) is 3.64. The van der Waals surface area contributed by atoms with Crippen molar-refractivity contribution < 1.29 is 9.90 Å². The average Bonchev–Trinajstić information content (AvgIpc) is 2.38. The molecule has 1 aromatic rings. The SMILES string of the molecule is O=C(O)C(CN1CCCCC1)c1ccc(Br)cc1. The predicted octanol–water partition coefficient (Wildman–Crippen LogP) is 3.10. The fourth-order valence-electron chi connectivity index (χ4n) is 2.42. The zero-order valence-electron chi connectivity index (χ0n) is 10.3. The second-order valence-corrected chi connectivity index (χ2v) is 5.72. The van der Waals surface area contributed by atoms with Crippen molar-refractivity contribution in [1.82, 2.24) is 4.90 Å². The number of likely N-dealkylation sites (tertiary alicyclic amines) is 1. The van der Waals surface area contributed by atoms with Crippen molar-refractivity contribution in [1.29, 1.82) is 0 Å². The third kappa shape index (κ3) is 3.56. The minimum atomic E-state index is -0.733. The predicted molar refractivity (Wildman–Crippen MR) is 74.8 cm³/mol. The minimum Gasteiger partial charge on any atom is -0.481 e.